The standard InChI is InChI=1S/C22H21N3O2S3/c1-2-19(26)27-15-9-10-16-28-20-23-21(29-17-11-5-3-6-12-17)25-22(24-20)30-18-13-7-4-8-14-18/h2-8,11-14H,1,9-10,15-16H2. The van der Waals surface area contributed by atoms with Gasteiger partial charge in [0.2, 0.25) is 0 Å². The van der Waals surface area contributed by atoms with Gasteiger partial charge in [0.15, 0.2) is 15.5 Å². The van der Waals surface area contributed by atoms with Crippen molar-refractivity contribution in [3.05, 3.63) is 73.3 Å². The van der Waals surface area contributed by atoms with Gasteiger partial charge in [-0.3, -0.25) is 0 Å². The predicted octanol–water partition coefficient (Wildman–Crippen LogP) is 5.78. The molecule has 0 aliphatic rings. The van der Waals surface area contributed by atoms with E-state index in [0.717, 1.165) is 28.4 Å². The minimum atomic E-state index is -0.384. The van der Waals surface area contributed by atoms with Crippen LogP contribution in [-0.4, -0.2) is 33.3 Å². The number of hydrogen-bond acceptors (Lipinski definition) is 8. The number of benzene rings is 2. The zero-order valence-electron chi connectivity index (χ0n) is 16.3. The van der Waals surface area contributed by atoms with Gasteiger partial charge in [-0.25, -0.2) is 4.79 Å². The van der Waals surface area contributed by atoms with Crippen LogP contribution in [0.5, 0.6) is 0 Å². The molecular weight excluding hydrogens is 434 g/mol. The predicted molar refractivity (Wildman–Crippen MR) is 122 cm³/mol. The van der Waals surface area contributed by atoms with E-state index in [9.17, 15) is 4.79 Å². The van der Waals surface area contributed by atoms with Crippen LogP contribution < -0.4 is 0 Å². The van der Waals surface area contributed by atoms with Crippen LogP contribution in [0.15, 0.2) is 98.6 Å². The molecule has 0 aliphatic carbocycles. The molecule has 0 fully saturated rings. The highest BCUT2D eigenvalue weighted by atomic mass is 32.2. The number of ether oxygens (including phenoxy) is 1. The molecule has 2 aromatic carbocycles. The highest BCUT2D eigenvalue weighted by molar-refractivity contribution is 8.00. The summed E-state index contributed by atoms with van der Waals surface area (Å²) < 4.78 is 5.00. The molecule has 0 atom stereocenters. The minimum absolute atomic E-state index is 0.384. The molecule has 0 saturated carbocycles. The lowest BCUT2D eigenvalue weighted by atomic mass is 10.4. The van der Waals surface area contributed by atoms with E-state index < -0.39 is 0 Å². The van der Waals surface area contributed by atoms with Crippen LogP contribution in [0.3, 0.4) is 0 Å². The van der Waals surface area contributed by atoms with E-state index in [1.165, 1.54) is 29.6 Å². The molecule has 0 amide bonds. The smallest absolute Gasteiger partial charge is 0.330 e. The molecular formula is C22H21N3O2S3. The fourth-order valence-electron chi connectivity index (χ4n) is 2.26. The zero-order chi connectivity index (χ0) is 21.0. The summed E-state index contributed by atoms with van der Waals surface area (Å²) in [5, 5.41) is 2.05. The number of carbonyl (C=O) groups is 1. The third-order valence-electron chi connectivity index (χ3n) is 3.66. The summed E-state index contributed by atoms with van der Waals surface area (Å²) in [6.07, 6.45) is 2.86. The molecule has 3 rings (SSSR count). The van der Waals surface area contributed by atoms with E-state index in [1.54, 1.807) is 11.8 Å². The maximum atomic E-state index is 11.1. The van der Waals surface area contributed by atoms with Crippen LogP contribution in [0.25, 0.3) is 0 Å². The van der Waals surface area contributed by atoms with Gasteiger partial charge in [-0.1, -0.05) is 54.7 Å². The van der Waals surface area contributed by atoms with Gasteiger partial charge in [0.25, 0.3) is 0 Å². The molecule has 0 unspecified atom stereocenters. The maximum Gasteiger partial charge on any atom is 0.330 e. The third kappa shape index (κ3) is 7.85. The first-order valence-corrected chi connectivity index (χ1v) is 12.0. The third-order valence-corrected chi connectivity index (χ3v) is 6.34. The Morgan fingerprint density at radius 2 is 1.37 bits per heavy atom. The Hall–Kier alpha value is -2.29. The molecule has 1 heterocycles. The van der Waals surface area contributed by atoms with Gasteiger partial charge in [-0.05, 0) is 60.6 Å². The lowest BCUT2D eigenvalue weighted by molar-refractivity contribution is -0.137. The van der Waals surface area contributed by atoms with Gasteiger partial charge in [-0.2, -0.15) is 15.0 Å². The van der Waals surface area contributed by atoms with E-state index >= 15 is 0 Å². The number of rotatable bonds is 11. The Labute approximate surface area is 189 Å². The second-order valence-corrected chi connectivity index (χ2v) is 9.08. The van der Waals surface area contributed by atoms with E-state index in [2.05, 4.69) is 21.5 Å². The molecule has 30 heavy (non-hydrogen) atoms. The number of esters is 1. The molecule has 0 N–H and O–H groups in total. The summed E-state index contributed by atoms with van der Waals surface area (Å²) in [6, 6.07) is 20.1. The summed E-state index contributed by atoms with van der Waals surface area (Å²) in [4.78, 5) is 27.1. The summed E-state index contributed by atoms with van der Waals surface area (Å²) in [6.45, 7) is 3.78. The van der Waals surface area contributed by atoms with Gasteiger partial charge >= 0.3 is 5.97 Å². The summed E-state index contributed by atoms with van der Waals surface area (Å²) in [5.74, 6) is 0.450. The Balaban J connectivity index is 1.64. The molecule has 0 aliphatic heterocycles. The van der Waals surface area contributed by atoms with E-state index in [1.807, 2.05) is 60.7 Å². The van der Waals surface area contributed by atoms with Crippen molar-refractivity contribution < 1.29 is 9.53 Å². The molecule has 0 spiro atoms. The molecule has 8 heteroatoms. The molecule has 0 saturated heterocycles. The fraction of sp³-hybridized carbons (Fsp3) is 0.182. The van der Waals surface area contributed by atoms with Crippen LogP contribution in [0, 0.1) is 0 Å². The SMILES string of the molecule is C=CC(=O)OCCCCSc1nc(Sc2ccccc2)nc(Sc2ccccc2)n1. The largest absolute Gasteiger partial charge is 0.463 e. The molecule has 1 aromatic heterocycles. The number of carbonyl (C=O) groups excluding carboxylic acids is 1. The monoisotopic (exact) mass is 455 g/mol. The van der Waals surface area contributed by atoms with Crippen molar-refractivity contribution >= 4 is 41.3 Å². The van der Waals surface area contributed by atoms with Crippen LogP contribution >= 0.6 is 35.3 Å². The fourth-order valence-corrected chi connectivity index (χ4v) is 4.81. The Morgan fingerprint density at radius 1 is 0.833 bits per heavy atom. The minimum Gasteiger partial charge on any atom is -0.463 e. The van der Waals surface area contributed by atoms with Crippen molar-refractivity contribution in [2.24, 2.45) is 0 Å². The van der Waals surface area contributed by atoms with Crippen LogP contribution in [0.2, 0.25) is 0 Å². The Morgan fingerprint density at radius 3 is 1.90 bits per heavy atom. The van der Waals surface area contributed by atoms with Gasteiger partial charge in [-0.15, -0.1) is 0 Å². The maximum absolute atomic E-state index is 11.1. The van der Waals surface area contributed by atoms with Crippen molar-refractivity contribution in [3.63, 3.8) is 0 Å². The highest BCUT2D eigenvalue weighted by Crippen LogP contribution is 2.30. The van der Waals surface area contributed by atoms with E-state index in [0.29, 0.717) is 22.1 Å². The first-order chi connectivity index (χ1) is 14.7. The Bertz CT molecular complexity index is 897. The second-order valence-electron chi connectivity index (χ2n) is 5.94. The lowest BCUT2D eigenvalue weighted by Crippen LogP contribution is -2.02. The summed E-state index contributed by atoms with van der Waals surface area (Å²) in [7, 11) is 0. The first-order valence-electron chi connectivity index (χ1n) is 9.37. The molecule has 0 radical (unpaired) electrons. The van der Waals surface area contributed by atoms with E-state index in [-0.39, 0.29) is 5.97 Å². The van der Waals surface area contributed by atoms with Crippen molar-refractivity contribution in [2.75, 3.05) is 12.4 Å². The van der Waals surface area contributed by atoms with Crippen LogP contribution in [0.4, 0.5) is 0 Å². The van der Waals surface area contributed by atoms with Crippen LogP contribution in [0.1, 0.15) is 12.8 Å². The summed E-state index contributed by atoms with van der Waals surface area (Å²) in [5.41, 5.74) is 0. The first kappa shape index (κ1) is 22.4. The van der Waals surface area contributed by atoms with Crippen molar-refractivity contribution in [2.45, 2.75) is 38.1 Å². The summed E-state index contributed by atoms with van der Waals surface area (Å²) >= 11 is 4.63. The number of nitrogens with zero attached hydrogens (tertiary/aromatic N) is 3. The van der Waals surface area contributed by atoms with Crippen molar-refractivity contribution in [3.8, 4) is 0 Å². The topological polar surface area (TPSA) is 65.0 Å². The normalized spacial score (nSPS) is 10.5. The van der Waals surface area contributed by atoms with Gasteiger partial charge in [0.05, 0.1) is 6.61 Å². The van der Waals surface area contributed by atoms with Gasteiger partial charge in [0.1, 0.15) is 0 Å². The molecule has 5 nitrogen and oxygen atoms in total. The average Bonchev–Trinajstić information content (AvgIpc) is 2.77. The van der Waals surface area contributed by atoms with E-state index in [4.69, 9.17) is 4.74 Å². The number of hydrogen-bond donors (Lipinski definition) is 0. The van der Waals surface area contributed by atoms with Crippen molar-refractivity contribution in [1.29, 1.82) is 0 Å². The number of thioether (sulfide) groups is 1. The second kappa shape index (κ2) is 12.4. The molecule has 0 bridgehead atoms. The van der Waals surface area contributed by atoms with Gasteiger partial charge in [0, 0.05) is 21.6 Å². The van der Waals surface area contributed by atoms with Crippen molar-refractivity contribution in [1.82, 2.24) is 15.0 Å². The van der Waals surface area contributed by atoms with Crippen LogP contribution in [-0.2, 0) is 9.53 Å². The Kier molecular flexibility index (Phi) is 9.27. The van der Waals surface area contributed by atoms with Gasteiger partial charge < -0.3 is 4.74 Å². The number of aromatic nitrogens is 3. The highest BCUT2D eigenvalue weighted by Gasteiger charge is 2.10. The quantitative estimate of drug-likeness (QED) is 0.156. The zero-order valence-corrected chi connectivity index (χ0v) is 18.7. The average molecular weight is 456 g/mol. The lowest BCUT2D eigenvalue weighted by Gasteiger charge is -2.07. The molecule has 154 valence electrons. The number of unbranched alkanes of at least 4 members (excludes halogenated alkanes) is 1. The molecule has 3 aromatic rings.